The Balaban J connectivity index is 1.90. The summed E-state index contributed by atoms with van der Waals surface area (Å²) < 4.78 is 2.23. The summed E-state index contributed by atoms with van der Waals surface area (Å²) in [6, 6.07) is -0.667. The number of likely N-dealkylation sites (tertiary alicyclic amines) is 1. The van der Waals surface area contributed by atoms with Gasteiger partial charge in [-0.25, -0.2) is 4.98 Å². The van der Waals surface area contributed by atoms with Crippen molar-refractivity contribution in [2.75, 3.05) is 33.7 Å². The number of likely N-dealkylation sites (N-methyl/N-ethyl adjacent to an activating group) is 1. The molecule has 1 atom stereocenters. The summed E-state index contributed by atoms with van der Waals surface area (Å²) in [4.78, 5) is 47.5. The van der Waals surface area contributed by atoms with E-state index in [0.29, 0.717) is 25.3 Å². The van der Waals surface area contributed by atoms with Gasteiger partial charge < -0.3 is 25.0 Å². The molecular weight excluding hydrogens is 432 g/mol. The molecule has 0 aliphatic carbocycles. The molecule has 2 aliphatic heterocycles. The van der Waals surface area contributed by atoms with Crippen molar-refractivity contribution in [2.24, 2.45) is 11.3 Å². The minimum absolute atomic E-state index is 0.00108. The average molecular weight is 475 g/mol. The van der Waals surface area contributed by atoms with Gasteiger partial charge in [0.1, 0.15) is 11.9 Å². The first-order chi connectivity index (χ1) is 15.9. The number of carbonyl (C=O) groups excluding carboxylic acids is 3. The maximum absolute atomic E-state index is 13.5. The van der Waals surface area contributed by atoms with Crippen LogP contribution in [-0.4, -0.2) is 76.8 Å². The first-order valence-electron chi connectivity index (χ1n) is 12.5. The van der Waals surface area contributed by atoms with E-state index in [1.54, 1.807) is 7.05 Å². The molecule has 0 radical (unpaired) electrons. The van der Waals surface area contributed by atoms with Crippen LogP contribution >= 0.6 is 0 Å². The third kappa shape index (κ3) is 5.62. The van der Waals surface area contributed by atoms with Crippen LogP contribution in [0, 0.1) is 11.3 Å². The Labute approximate surface area is 203 Å². The van der Waals surface area contributed by atoms with Crippen molar-refractivity contribution in [3.63, 3.8) is 0 Å². The van der Waals surface area contributed by atoms with Gasteiger partial charge in [0.15, 0.2) is 5.69 Å². The quantitative estimate of drug-likeness (QED) is 0.680. The molecule has 0 spiro atoms. The minimum atomic E-state index is -0.667. The van der Waals surface area contributed by atoms with Crippen LogP contribution < -0.4 is 10.6 Å². The minimum Gasteiger partial charge on any atom is -0.357 e. The predicted octanol–water partition coefficient (Wildman–Crippen LogP) is 1.97. The number of piperidine rings is 1. The van der Waals surface area contributed by atoms with E-state index in [-0.39, 0.29) is 29.6 Å². The Morgan fingerprint density at radius 1 is 1.06 bits per heavy atom. The summed E-state index contributed by atoms with van der Waals surface area (Å²) in [5.41, 5.74) is 0.891. The van der Waals surface area contributed by atoms with E-state index < -0.39 is 11.5 Å². The van der Waals surface area contributed by atoms with E-state index in [1.807, 2.05) is 39.5 Å². The van der Waals surface area contributed by atoms with Crippen LogP contribution in [-0.2, 0) is 22.7 Å². The molecule has 0 saturated carbocycles. The summed E-state index contributed by atoms with van der Waals surface area (Å²) in [6.07, 6.45) is 2.67. The highest BCUT2D eigenvalue weighted by atomic mass is 16.2. The predicted molar refractivity (Wildman–Crippen MR) is 131 cm³/mol. The van der Waals surface area contributed by atoms with Gasteiger partial charge in [0.2, 0.25) is 11.8 Å². The Bertz CT molecular complexity index is 908. The molecule has 1 fully saturated rings. The molecule has 3 heterocycles. The van der Waals surface area contributed by atoms with Gasteiger partial charge in [-0.1, -0.05) is 34.6 Å². The first-order valence-corrected chi connectivity index (χ1v) is 12.5. The molecule has 3 amide bonds. The van der Waals surface area contributed by atoms with Crippen molar-refractivity contribution in [3.8, 4) is 0 Å². The van der Waals surface area contributed by atoms with Crippen LogP contribution in [0.5, 0.6) is 0 Å². The second-order valence-corrected chi connectivity index (χ2v) is 11.1. The topological polar surface area (TPSA) is 99.6 Å². The molecule has 0 aromatic carbocycles. The van der Waals surface area contributed by atoms with E-state index in [2.05, 4.69) is 27.1 Å². The summed E-state index contributed by atoms with van der Waals surface area (Å²) in [5, 5.41) is 5.63. The van der Waals surface area contributed by atoms with Crippen molar-refractivity contribution < 1.29 is 14.4 Å². The second-order valence-electron chi connectivity index (χ2n) is 11.1. The zero-order valence-electron chi connectivity index (χ0n) is 21.9. The van der Waals surface area contributed by atoms with Crippen LogP contribution in [0.3, 0.4) is 0 Å². The lowest BCUT2D eigenvalue weighted by molar-refractivity contribution is -0.135. The van der Waals surface area contributed by atoms with Gasteiger partial charge in [0, 0.05) is 45.1 Å². The van der Waals surface area contributed by atoms with E-state index >= 15 is 0 Å². The lowest BCUT2D eigenvalue weighted by Gasteiger charge is -2.33. The normalized spacial score (nSPS) is 18.9. The van der Waals surface area contributed by atoms with Crippen molar-refractivity contribution >= 4 is 17.7 Å². The number of fused-ring (bicyclic) bond motifs is 1. The average Bonchev–Trinajstić information content (AvgIpc) is 3.01. The molecule has 1 saturated heterocycles. The van der Waals surface area contributed by atoms with Gasteiger partial charge in [-0.05, 0) is 38.3 Å². The van der Waals surface area contributed by atoms with Gasteiger partial charge in [-0.2, -0.15) is 0 Å². The first kappa shape index (κ1) is 26.2. The summed E-state index contributed by atoms with van der Waals surface area (Å²) in [5.74, 6) is 0.828. The molecule has 9 heteroatoms. The third-order valence-corrected chi connectivity index (χ3v) is 6.97. The number of nitrogens with zero attached hydrogens (tertiary/aromatic N) is 4. The largest absolute Gasteiger partial charge is 0.357 e. The van der Waals surface area contributed by atoms with Gasteiger partial charge in [0.25, 0.3) is 5.91 Å². The maximum Gasteiger partial charge on any atom is 0.272 e. The van der Waals surface area contributed by atoms with Crippen LogP contribution in [0.4, 0.5) is 0 Å². The van der Waals surface area contributed by atoms with Crippen molar-refractivity contribution in [2.45, 2.75) is 78.9 Å². The van der Waals surface area contributed by atoms with E-state index in [9.17, 15) is 14.4 Å². The third-order valence-electron chi connectivity index (χ3n) is 6.97. The number of nitrogens with one attached hydrogen (secondary N) is 2. The summed E-state index contributed by atoms with van der Waals surface area (Å²) in [6.45, 7) is 13.5. The molecule has 1 aromatic rings. The van der Waals surface area contributed by atoms with E-state index in [0.717, 1.165) is 43.9 Å². The number of aromatic nitrogens is 2. The molecule has 0 bridgehead atoms. The van der Waals surface area contributed by atoms with Gasteiger partial charge in [0.05, 0.1) is 5.69 Å². The molecular formula is C25H42N6O3. The standard InChI is InChI=1S/C25H42N6O3/c1-16(2)24(34)30-13-9-17(10-14-30)21-27-19(18-15-29(7)11-8-12-31(18)21)22(32)28-20(23(33)26-6)25(3,4)5/h16-17,20H,8-15H2,1-7H3,(H,26,33)(H,28,32). The monoisotopic (exact) mass is 474 g/mol. The van der Waals surface area contributed by atoms with Crippen molar-refractivity contribution in [1.29, 1.82) is 0 Å². The zero-order valence-corrected chi connectivity index (χ0v) is 21.9. The smallest absolute Gasteiger partial charge is 0.272 e. The summed E-state index contributed by atoms with van der Waals surface area (Å²) in [7, 11) is 3.64. The Morgan fingerprint density at radius 3 is 2.26 bits per heavy atom. The fourth-order valence-electron chi connectivity index (χ4n) is 4.98. The lowest BCUT2D eigenvalue weighted by Crippen LogP contribution is -2.53. The summed E-state index contributed by atoms with van der Waals surface area (Å²) >= 11 is 0. The van der Waals surface area contributed by atoms with E-state index in [4.69, 9.17) is 4.98 Å². The van der Waals surface area contributed by atoms with Crippen LogP contribution in [0.25, 0.3) is 0 Å². The Morgan fingerprint density at radius 2 is 1.71 bits per heavy atom. The SMILES string of the molecule is CNC(=O)C(NC(=O)c1nc(C2CCN(C(=O)C(C)C)CC2)n2c1CN(C)CCC2)C(C)(C)C. The highest BCUT2D eigenvalue weighted by molar-refractivity contribution is 5.97. The highest BCUT2D eigenvalue weighted by Gasteiger charge is 2.36. The number of hydrogen-bond donors (Lipinski definition) is 2. The molecule has 2 aliphatic rings. The number of imidazole rings is 1. The van der Waals surface area contributed by atoms with Crippen molar-refractivity contribution in [1.82, 2.24) is 30.0 Å². The molecule has 9 nitrogen and oxygen atoms in total. The Kier molecular flexibility index (Phi) is 8.06. The van der Waals surface area contributed by atoms with Crippen LogP contribution in [0.1, 0.15) is 81.8 Å². The number of hydrogen-bond acceptors (Lipinski definition) is 5. The molecule has 2 N–H and O–H groups in total. The van der Waals surface area contributed by atoms with Crippen LogP contribution in [0.15, 0.2) is 0 Å². The van der Waals surface area contributed by atoms with E-state index in [1.165, 1.54) is 0 Å². The molecule has 190 valence electrons. The molecule has 1 unspecified atom stereocenters. The zero-order chi connectivity index (χ0) is 25.2. The fourth-order valence-corrected chi connectivity index (χ4v) is 4.98. The van der Waals surface area contributed by atoms with Gasteiger partial charge in [-0.15, -0.1) is 0 Å². The molecule has 3 rings (SSSR count). The second kappa shape index (κ2) is 10.5. The highest BCUT2D eigenvalue weighted by Crippen LogP contribution is 2.31. The van der Waals surface area contributed by atoms with Gasteiger partial charge in [-0.3, -0.25) is 14.4 Å². The van der Waals surface area contributed by atoms with Gasteiger partial charge >= 0.3 is 0 Å². The maximum atomic E-state index is 13.5. The fraction of sp³-hybridized carbons (Fsp3) is 0.760. The van der Waals surface area contributed by atoms with Crippen LogP contribution in [0.2, 0.25) is 0 Å². The molecule has 34 heavy (non-hydrogen) atoms. The number of amides is 3. The Hall–Kier alpha value is -2.42. The van der Waals surface area contributed by atoms with Crippen molar-refractivity contribution in [3.05, 3.63) is 17.2 Å². The molecule has 1 aromatic heterocycles. The number of carbonyl (C=O) groups is 3. The number of rotatable bonds is 5. The lowest BCUT2D eigenvalue weighted by atomic mass is 9.86.